The molecule has 34 heavy (non-hydrogen) atoms. The first-order valence-corrected chi connectivity index (χ1v) is 13.1. The molecule has 0 aromatic heterocycles. The van der Waals surface area contributed by atoms with Crippen LogP contribution in [0.2, 0.25) is 0 Å². The summed E-state index contributed by atoms with van der Waals surface area (Å²) in [7, 11) is -3.13. The van der Waals surface area contributed by atoms with Gasteiger partial charge in [0.15, 0.2) is 9.84 Å². The van der Waals surface area contributed by atoms with Crippen molar-refractivity contribution in [3.8, 4) is 5.75 Å². The van der Waals surface area contributed by atoms with Crippen LogP contribution in [0.4, 0.5) is 9.18 Å². The molecule has 1 heterocycles. The van der Waals surface area contributed by atoms with Crippen molar-refractivity contribution >= 4 is 15.9 Å². The molecule has 9 heteroatoms. The third kappa shape index (κ3) is 9.30. The van der Waals surface area contributed by atoms with Gasteiger partial charge in [-0.2, -0.15) is 0 Å². The maximum absolute atomic E-state index is 13.5. The average Bonchev–Trinajstić information content (AvgIpc) is 2.74. The van der Waals surface area contributed by atoms with E-state index >= 15 is 0 Å². The summed E-state index contributed by atoms with van der Waals surface area (Å²) < 4.78 is 40.7. The number of benzene rings is 2. The third-order valence-electron chi connectivity index (χ3n) is 5.24. The van der Waals surface area contributed by atoms with Crippen LogP contribution in [0.25, 0.3) is 0 Å². The largest absolute Gasteiger partial charge is 0.508 e. The number of ether oxygens (including phenoxy) is 1. The number of amides is 1. The number of aromatic hydroxyl groups is 1. The second kappa shape index (κ2) is 11.7. The zero-order valence-corrected chi connectivity index (χ0v) is 21.4. The predicted octanol–water partition coefficient (Wildman–Crippen LogP) is 4.03. The van der Waals surface area contributed by atoms with Crippen LogP contribution in [0.5, 0.6) is 5.75 Å². The molecule has 1 aliphatic rings. The Morgan fingerprint density at radius 1 is 1.06 bits per heavy atom. The number of hydrogen-bond acceptors (Lipinski definition) is 6. The van der Waals surface area contributed by atoms with Crippen molar-refractivity contribution in [3.05, 3.63) is 59.4 Å². The summed E-state index contributed by atoms with van der Waals surface area (Å²) in [6.45, 7) is 11.3. The number of aryl methyl sites for hydroxylation is 1. The summed E-state index contributed by atoms with van der Waals surface area (Å²) in [6, 6.07) is 10.8. The summed E-state index contributed by atoms with van der Waals surface area (Å²) in [4.78, 5) is 16.3. The number of piperazine rings is 1. The molecule has 188 valence electrons. The van der Waals surface area contributed by atoms with Crippen molar-refractivity contribution in [1.82, 2.24) is 9.80 Å². The third-order valence-corrected chi connectivity index (χ3v) is 6.37. The Labute approximate surface area is 202 Å². The summed E-state index contributed by atoms with van der Waals surface area (Å²) in [5, 5.41) is 8.83. The van der Waals surface area contributed by atoms with Gasteiger partial charge in [0.2, 0.25) is 0 Å². The lowest BCUT2D eigenvalue weighted by molar-refractivity contribution is 0.0146. The molecular weight excluding hydrogens is 459 g/mol. The first kappa shape index (κ1) is 27.6. The average molecular weight is 495 g/mol. The standard InChI is InChI=1S/C18H27FN2O2.C7H8O3S/c1-14-5-6-15(13-16(14)19)7-8-20-9-11-21(12-10-20)17(22)23-18(2,3)4;1-11(9,10)7-4-2-6(8)3-5-7/h5-6,13H,7-12H2,1-4H3;2-5,8H,1H3. The normalized spacial score (nSPS) is 14.8. The molecule has 1 N–H and O–H groups in total. The van der Waals surface area contributed by atoms with E-state index in [0.29, 0.717) is 18.7 Å². The maximum Gasteiger partial charge on any atom is 0.410 e. The van der Waals surface area contributed by atoms with E-state index in [1.165, 1.54) is 24.3 Å². The molecule has 1 amide bonds. The van der Waals surface area contributed by atoms with Crippen LogP contribution >= 0.6 is 0 Å². The van der Waals surface area contributed by atoms with Crippen molar-refractivity contribution in [3.63, 3.8) is 0 Å². The van der Waals surface area contributed by atoms with Crippen molar-refractivity contribution < 1.29 is 27.4 Å². The second-order valence-electron chi connectivity index (χ2n) is 9.41. The molecule has 7 nitrogen and oxygen atoms in total. The summed E-state index contributed by atoms with van der Waals surface area (Å²) >= 11 is 0. The number of rotatable bonds is 4. The van der Waals surface area contributed by atoms with Crippen molar-refractivity contribution in [2.24, 2.45) is 0 Å². The van der Waals surface area contributed by atoms with E-state index in [-0.39, 0.29) is 22.6 Å². The van der Waals surface area contributed by atoms with Gasteiger partial charge in [-0.05, 0) is 75.6 Å². The van der Waals surface area contributed by atoms with E-state index in [1.807, 2.05) is 32.9 Å². The Hall–Kier alpha value is -2.65. The lowest BCUT2D eigenvalue weighted by Crippen LogP contribution is -2.50. The van der Waals surface area contributed by atoms with Crippen LogP contribution < -0.4 is 0 Å². The van der Waals surface area contributed by atoms with Gasteiger partial charge in [0.05, 0.1) is 4.90 Å². The van der Waals surface area contributed by atoms with Crippen LogP contribution in [0, 0.1) is 12.7 Å². The number of phenols is 1. The van der Waals surface area contributed by atoms with Gasteiger partial charge in [0.25, 0.3) is 0 Å². The van der Waals surface area contributed by atoms with Crippen LogP contribution in [0.3, 0.4) is 0 Å². The van der Waals surface area contributed by atoms with Crippen LogP contribution in [-0.4, -0.2) is 74.0 Å². The highest BCUT2D eigenvalue weighted by Crippen LogP contribution is 2.14. The SMILES string of the molecule is CS(=O)(=O)c1ccc(O)cc1.Cc1ccc(CCN2CCN(C(=O)OC(C)(C)C)CC2)cc1F. The summed E-state index contributed by atoms with van der Waals surface area (Å²) in [5.41, 5.74) is 1.24. The monoisotopic (exact) mass is 494 g/mol. The molecule has 2 aromatic carbocycles. The lowest BCUT2D eigenvalue weighted by atomic mass is 10.1. The fraction of sp³-hybridized carbons (Fsp3) is 0.480. The van der Waals surface area contributed by atoms with Gasteiger partial charge < -0.3 is 14.7 Å². The summed E-state index contributed by atoms with van der Waals surface area (Å²) in [5.74, 6) is -0.0744. The second-order valence-corrected chi connectivity index (χ2v) is 11.4. The Bertz CT molecular complexity index is 1060. The number of carbonyl (C=O) groups is 1. The lowest BCUT2D eigenvalue weighted by Gasteiger charge is -2.35. The molecule has 1 fully saturated rings. The van der Waals surface area contributed by atoms with Crippen LogP contribution in [-0.2, 0) is 21.0 Å². The number of carbonyl (C=O) groups excluding carboxylic acids is 1. The van der Waals surface area contributed by atoms with E-state index in [9.17, 15) is 17.6 Å². The quantitative estimate of drug-likeness (QED) is 0.691. The van der Waals surface area contributed by atoms with E-state index < -0.39 is 15.4 Å². The minimum absolute atomic E-state index is 0.0670. The van der Waals surface area contributed by atoms with Gasteiger partial charge in [-0.15, -0.1) is 0 Å². The van der Waals surface area contributed by atoms with Crippen LogP contribution in [0.1, 0.15) is 31.9 Å². The number of halogens is 1. The number of hydrogen-bond donors (Lipinski definition) is 1. The molecule has 0 saturated carbocycles. The first-order chi connectivity index (χ1) is 15.7. The molecule has 0 radical (unpaired) electrons. The van der Waals surface area contributed by atoms with Gasteiger partial charge in [0, 0.05) is 39.0 Å². The van der Waals surface area contributed by atoms with Crippen molar-refractivity contribution in [1.29, 1.82) is 0 Å². The minimum atomic E-state index is -3.13. The van der Waals surface area contributed by atoms with Crippen molar-refractivity contribution in [2.75, 3.05) is 39.0 Å². The Balaban J connectivity index is 0.000000310. The van der Waals surface area contributed by atoms with Crippen LogP contribution in [0.15, 0.2) is 47.4 Å². The Kier molecular flexibility index (Phi) is 9.46. The van der Waals surface area contributed by atoms with E-state index in [0.717, 1.165) is 37.9 Å². The van der Waals surface area contributed by atoms with Gasteiger partial charge in [-0.1, -0.05) is 12.1 Å². The number of sulfone groups is 1. The molecular formula is C25H35FN2O5S. The molecule has 0 bridgehead atoms. The van der Waals surface area contributed by atoms with Gasteiger partial charge in [-0.25, -0.2) is 17.6 Å². The maximum atomic E-state index is 13.5. The van der Waals surface area contributed by atoms with Gasteiger partial charge in [-0.3, -0.25) is 4.90 Å². The molecule has 0 spiro atoms. The molecule has 1 aliphatic heterocycles. The van der Waals surface area contributed by atoms with E-state index in [2.05, 4.69) is 4.90 Å². The predicted molar refractivity (Wildman–Crippen MR) is 130 cm³/mol. The van der Waals surface area contributed by atoms with Gasteiger partial charge >= 0.3 is 6.09 Å². The molecule has 0 aliphatic carbocycles. The highest BCUT2D eigenvalue weighted by atomic mass is 32.2. The minimum Gasteiger partial charge on any atom is -0.508 e. The Morgan fingerprint density at radius 2 is 1.65 bits per heavy atom. The van der Waals surface area contributed by atoms with Gasteiger partial charge in [0.1, 0.15) is 17.2 Å². The summed E-state index contributed by atoms with van der Waals surface area (Å²) in [6.07, 6.45) is 1.71. The highest BCUT2D eigenvalue weighted by Gasteiger charge is 2.25. The smallest absolute Gasteiger partial charge is 0.410 e. The molecule has 0 unspecified atom stereocenters. The molecule has 3 rings (SSSR count). The zero-order valence-electron chi connectivity index (χ0n) is 20.5. The molecule has 2 aromatic rings. The Morgan fingerprint density at radius 3 is 2.15 bits per heavy atom. The zero-order chi connectivity index (χ0) is 25.5. The number of nitrogens with zero attached hydrogens (tertiary/aromatic N) is 2. The highest BCUT2D eigenvalue weighted by molar-refractivity contribution is 7.90. The fourth-order valence-corrected chi connectivity index (χ4v) is 3.88. The van der Waals surface area contributed by atoms with Crippen molar-refractivity contribution in [2.45, 2.75) is 44.6 Å². The topological polar surface area (TPSA) is 87.2 Å². The molecule has 0 atom stereocenters. The van der Waals surface area contributed by atoms with E-state index in [4.69, 9.17) is 9.84 Å². The first-order valence-electron chi connectivity index (χ1n) is 11.2. The number of phenolic OH excluding ortho intramolecular Hbond substituents is 1. The van der Waals surface area contributed by atoms with E-state index in [1.54, 1.807) is 17.9 Å². The fourth-order valence-electron chi connectivity index (χ4n) is 3.25. The molecule has 1 saturated heterocycles.